The number of urea groups is 1. The van der Waals surface area contributed by atoms with Crippen molar-refractivity contribution in [3.63, 3.8) is 0 Å². The minimum atomic E-state index is -0.547. The van der Waals surface area contributed by atoms with E-state index in [4.69, 9.17) is 4.74 Å². The third-order valence-electron chi connectivity index (χ3n) is 3.00. The monoisotopic (exact) mass is 325 g/mol. The van der Waals surface area contributed by atoms with E-state index < -0.39 is 11.7 Å². The van der Waals surface area contributed by atoms with Crippen LogP contribution in [-0.4, -0.2) is 44.8 Å². The van der Waals surface area contributed by atoms with Crippen molar-refractivity contribution in [3.05, 3.63) is 35.6 Å². The molecule has 0 aliphatic rings. The van der Waals surface area contributed by atoms with Crippen molar-refractivity contribution >= 4 is 11.9 Å². The number of carbonyl (C=O) groups excluding carboxylic acids is 2. The van der Waals surface area contributed by atoms with Gasteiger partial charge in [0.2, 0.25) is 0 Å². The van der Waals surface area contributed by atoms with Gasteiger partial charge in [-0.25, -0.2) is 9.18 Å². The molecule has 0 bridgehead atoms. The largest absolute Gasteiger partial charge is 0.382 e. The minimum absolute atomic E-state index is 0.0208. The smallest absolute Gasteiger partial charge is 0.314 e. The number of benzene rings is 1. The zero-order valence-corrected chi connectivity index (χ0v) is 13.4. The summed E-state index contributed by atoms with van der Waals surface area (Å²) in [7, 11) is 0. The Morgan fingerprint density at radius 2 is 1.70 bits per heavy atom. The summed E-state index contributed by atoms with van der Waals surface area (Å²) in [4.78, 5) is 23.2. The van der Waals surface area contributed by atoms with Crippen LogP contribution in [0.2, 0.25) is 0 Å². The van der Waals surface area contributed by atoms with Crippen molar-refractivity contribution in [1.29, 1.82) is 0 Å². The number of hydrogen-bond donors (Lipinski definition) is 3. The Bertz CT molecular complexity index is 497. The Labute approximate surface area is 135 Å². The fourth-order valence-corrected chi connectivity index (χ4v) is 1.82. The molecule has 7 heteroatoms. The van der Waals surface area contributed by atoms with E-state index in [1.165, 1.54) is 18.2 Å². The lowest BCUT2D eigenvalue weighted by atomic mass is 10.2. The van der Waals surface area contributed by atoms with Crippen molar-refractivity contribution in [2.75, 3.05) is 32.8 Å². The van der Waals surface area contributed by atoms with Crippen LogP contribution in [0.5, 0.6) is 0 Å². The Morgan fingerprint density at radius 3 is 2.39 bits per heavy atom. The molecule has 0 spiro atoms. The van der Waals surface area contributed by atoms with Crippen LogP contribution in [-0.2, 0) is 4.74 Å². The summed E-state index contributed by atoms with van der Waals surface area (Å²) in [5.74, 6) is -1.00. The highest BCUT2D eigenvalue weighted by Crippen LogP contribution is 2.05. The van der Waals surface area contributed by atoms with Gasteiger partial charge in [-0.15, -0.1) is 0 Å². The van der Waals surface area contributed by atoms with E-state index in [9.17, 15) is 14.0 Å². The molecule has 1 aromatic rings. The van der Waals surface area contributed by atoms with Crippen LogP contribution in [0.1, 0.15) is 30.1 Å². The first-order valence-electron chi connectivity index (χ1n) is 7.77. The molecule has 23 heavy (non-hydrogen) atoms. The van der Waals surface area contributed by atoms with E-state index in [2.05, 4.69) is 16.0 Å². The van der Waals surface area contributed by atoms with Gasteiger partial charge >= 0.3 is 6.03 Å². The first kappa shape index (κ1) is 18.9. The highest BCUT2D eigenvalue weighted by molar-refractivity contribution is 5.94. The number of hydrogen-bond acceptors (Lipinski definition) is 3. The quantitative estimate of drug-likeness (QED) is 0.573. The molecule has 0 aliphatic heterocycles. The second-order valence-electron chi connectivity index (χ2n) is 4.82. The summed E-state index contributed by atoms with van der Waals surface area (Å²) in [6, 6.07) is 5.56. The summed E-state index contributed by atoms with van der Waals surface area (Å²) in [5, 5.41) is 8.00. The Morgan fingerprint density at radius 1 is 1.04 bits per heavy atom. The second kappa shape index (κ2) is 11.4. The average Bonchev–Trinajstić information content (AvgIpc) is 2.54. The van der Waals surface area contributed by atoms with Gasteiger partial charge in [-0.05, 0) is 31.9 Å². The first-order chi connectivity index (χ1) is 11.1. The van der Waals surface area contributed by atoms with Crippen molar-refractivity contribution in [2.45, 2.75) is 19.8 Å². The molecule has 128 valence electrons. The van der Waals surface area contributed by atoms with Crippen molar-refractivity contribution in [2.24, 2.45) is 0 Å². The third-order valence-corrected chi connectivity index (χ3v) is 3.00. The fourth-order valence-electron chi connectivity index (χ4n) is 1.82. The molecular formula is C16H24FN3O3. The standard InChI is InChI=1S/C16H24FN3O3/c1-2-23-12-6-11-20-16(22)19-10-5-9-18-15(21)13-7-3-4-8-14(13)17/h3-4,7-8H,2,5-6,9-12H2,1H3,(H,18,21)(H2,19,20,22). The summed E-state index contributed by atoms with van der Waals surface area (Å²) in [6.07, 6.45) is 1.33. The Balaban J connectivity index is 2.06. The average molecular weight is 325 g/mol. The van der Waals surface area contributed by atoms with E-state index in [0.717, 1.165) is 6.42 Å². The maximum Gasteiger partial charge on any atom is 0.314 e. The molecule has 0 atom stereocenters. The van der Waals surface area contributed by atoms with Crippen LogP contribution < -0.4 is 16.0 Å². The van der Waals surface area contributed by atoms with Gasteiger partial charge in [-0.3, -0.25) is 4.79 Å². The molecule has 3 N–H and O–H groups in total. The van der Waals surface area contributed by atoms with Gasteiger partial charge in [0.25, 0.3) is 5.91 Å². The van der Waals surface area contributed by atoms with Gasteiger partial charge in [0.05, 0.1) is 5.56 Å². The molecule has 0 heterocycles. The Kier molecular flexibility index (Phi) is 9.38. The highest BCUT2D eigenvalue weighted by atomic mass is 19.1. The van der Waals surface area contributed by atoms with Crippen LogP contribution in [0.15, 0.2) is 24.3 Å². The molecule has 0 unspecified atom stereocenters. The van der Waals surface area contributed by atoms with Gasteiger partial charge in [0, 0.05) is 32.8 Å². The van der Waals surface area contributed by atoms with Crippen molar-refractivity contribution in [1.82, 2.24) is 16.0 Å². The Hall–Kier alpha value is -2.15. The fraction of sp³-hybridized carbons (Fsp3) is 0.500. The molecule has 0 radical (unpaired) electrons. The van der Waals surface area contributed by atoms with E-state index in [1.54, 1.807) is 6.07 Å². The maximum absolute atomic E-state index is 13.4. The molecule has 1 rings (SSSR count). The molecule has 3 amide bonds. The highest BCUT2D eigenvalue weighted by Gasteiger charge is 2.09. The molecule has 6 nitrogen and oxygen atoms in total. The number of nitrogens with one attached hydrogen (secondary N) is 3. The number of carbonyl (C=O) groups is 2. The minimum Gasteiger partial charge on any atom is -0.382 e. The normalized spacial score (nSPS) is 10.2. The lowest BCUT2D eigenvalue weighted by Gasteiger charge is -2.08. The predicted molar refractivity (Wildman–Crippen MR) is 85.9 cm³/mol. The van der Waals surface area contributed by atoms with Crippen LogP contribution in [0.25, 0.3) is 0 Å². The number of rotatable bonds is 10. The molecular weight excluding hydrogens is 301 g/mol. The van der Waals surface area contributed by atoms with E-state index in [-0.39, 0.29) is 11.6 Å². The SMILES string of the molecule is CCOCCCNC(=O)NCCCNC(=O)c1ccccc1F. The summed E-state index contributed by atoms with van der Waals surface area (Å²) >= 11 is 0. The van der Waals surface area contributed by atoms with E-state index in [0.29, 0.717) is 39.3 Å². The van der Waals surface area contributed by atoms with Gasteiger partial charge in [0.15, 0.2) is 0 Å². The predicted octanol–water partition coefficient (Wildman–Crippen LogP) is 1.67. The third kappa shape index (κ3) is 8.15. The lowest BCUT2D eigenvalue weighted by Crippen LogP contribution is -2.38. The zero-order valence-electron chi connectivity index (χ0n) is 13.4. The van der Waals surface area contributed by atoms with Crippen molar-refractivity contribution in [3.8, 4) is 0 Å². The topological polar surface area (TPSA) is 79.5 Å². The van der Waals surface area contributed by atoms with Gasteiger partial charge in [0.1, 0.15) is 5.82 Å². The molecule has 1 aromatic carbocycles. The van der Waals surface area contributed by atoms with Gasteiger partial charge in [-0.2, -0.15) is 0 Å². The van der Waals surface area contributed by atoms with Crippen LogP contribution in [0.3, 0.4) is 0 Å². The molecule has 0 aliphatic carbocycles. The van der Waals surface area contributed by atoms with E-state index >= 15 is 0 Å². The molecule has 0 aromatic heterocycles. The van der Waals surface area contributed by atoms with Crippen molar-refractivity contribution < 1.29 is 18.7 Å². The summed E-state index contributed by atoms with van der Waals surface area (Å²) in [5.41, 5.74) is 0.0208. The number of ether oxygens (including phenoxy) is 1. The lowest BCUT2D eigenvalue weighted by molar-refractivity contribution is 0.0949. The number of amides is 3. The van der Waals surface area contributed by atoms with Gasteiger partial charge in [-0.1, -0.05) is 12.1 Å². The van der Waals surface area contributed by atoms with Gasteiger partial charge < -0.3 is 20.7 Å². The van der Waals surface area contributed by atoms with E-state index in [1.807, 2.05) is 6.92 Å². The first-order valence-corrected chi connectivity index (χ1v) is 7.77. The maximum atomic E-state index is 13.4. The number of halogens is 1. The zero-order chi connectivity index (χ0) is 16.9. The summed E-state index contributed by atoms with van der Waals surface area (Å²) in [6.45, 7) is 4.55. The molecule has 0 saturated heterocycles. The molecule has 0 fully saturated rings. The molecule has 0 saturated carbocycles. The van der Waals surface area contributed by atoms with Crippen LogP contribution in [0, 0.1) is 5.82 Å². The van der Waals surface area contributed by atoms with Crippen LogP contribution >= 0.6 is 0 Å². The summed E-state index contributed by atoms with van der Waals surface area (Å²) < 4.78 is 18.5. The second-order valence-corrected chi connectivity index (χ2v) is 4.82. The van der Waals surface area contributed by atoms with Crippen LogP contribution in [0.4, 0.5) is 9.18 Å².